The van der Waals surface area contributed by atoms with Crippen LogP contribution >= 0.6 is 11.3 Å². The zero-order valence-corrected chi connectivity index (χ0v) is 20.3. The second-order valence-corrected chi connectivity index (χ2v) is 9.06. The van der Waals surface area contributed by atoms with Gasteiger partial charge in [-0.3, -0.25) is 10.1 Å². The molecular formula is C24H22N8O3S. The predicted octanol–water partition coefficient (Wildman–Crippen LogP) is 3.16. The van der Waals surface area contributed by atoms with Crippen molar-refractivity contribution in [3.05, 3.63) is 88.7 Å². The van der Waals surface area contributed by atoms with E-state index in [1.807, 2.05) is 60.7 Å². The molecule has 0 saturated carbocycles. The van der Waals surface area contributed by atoms with Crippen LogP contribution in [0.5, 0.6) is 0 Å². The smallest absolute Gasteiger partial charge is 0.273 e. The number of hydrogen-bond donors (Lipinski definition) is 1. The third kappa shape index (κ3) is 4.98. The number of amides is 1. The molecule has 0 radical (unpaired) electrons. The van der Waals surface area contributed by atoms with Crippen LogP contribution in [0.15, 0.2) is 76.4 Å². The van der Waals surface area contributed by atoms with Gasteiger partial charge in [0, 0.05) is 24.4 Å². The molecule has 4 aromatic rings. The summed E-state index contributed by atoms with van der Waals surface area (Å²) in [6, 6.07) is 19.1. The Morgan fingerprint density at radius 3 is 2.67 bits per heavy atom. The van der Waals surface area contributed by atoms with E-state index in [-0.39, 0.29) is 12.5 Å². The number of nitrogens with zero attached hydrogens (tertiary/aromatic N) is 7. The molecular weight excluding hydrogens is 480 g/mol. The lowest BCUT2D eigenvalue weighted by atomic mass is 9.95. The number of oxime groups is 2. The van der Waals surface area contributed by atoms with Gasteiger partial charge in [-0.25, -0.2) is 9.67 Å². The minimum Gasteiger partial charge on any atom is -0.389 e. The maximum absolute atomic E-state index is 12.9. The standard InChI is InChI=1S/C24H22N8O3S/c1-24(13-19(28-35-24)16-9-5-3-6-10-16)22(33)26-23-25-18(15-36-23)14-34-29-20(17-11-7-4-8-12-17)21-27-30-31-32(21)2/h3-12,15H,13-14H2,1-2H3,(H,25,26,33)/b29-20+. The fourth-order valence-electron chi connectivity index (χ4n) is 3.52. The maximum atomic E-state index is 12.9. The summed E-state index contributed by atoms with van der Waals surface area (Å²) in [7, 11) is 1.73. The van der Waals surface area contributed by atoms with E-state index in [0.29, 0.717) is 28.8 Å². The first-order chi connectivity index (χ1) is 17.5. The average Bonchev–Trinajstić information content (AvgIpc) is 3.64. The molecule has 3 heterocycles. The Bertz CT molecular complexity index is 1420. The Kier molecular flexibility index (Phi) is 6.50. The highest BCUT2D eigenvalue weighted by Crippen LogP contribution is 2.28. The normalized spacial score (nSPS) is 17.4. The molecule has 1 atom stereocenters. The first-order valence-corrected chi connectivity index (χ1v) is 11.9. The molecule has 12 heteroatoms. The first-order valence-electron chi connectivity index (χ1n) is 11.1. The molecule has 0 fully saturated rings. The van der Waals surface area contributed by atoms with Gasteiger partial charge in [-0.1, -0.05) is 71.0 Å². The number of aromatic nitrogens is 5. The molecule has 0 bridgehead atoms. The van der Waals surface area contributed by atoms with Gasteiger partial charge in [0.2, 0.25) is 11.4 Å². The minimum atomic E-state index is -1.12. The van der Waals surface area contributed by atoms with Crippen LogP contribution in [0.2, 0.25) is 0 Å². The van der Waals surface area contributed by atoms with Gasteiger partial charge in [0.15, 0.2) is 17.5 Å². The van der Waals surface area contributed by atoms with Crippen LogP contribution in [0.1, 0.15) is 36.0 Å². The number of aryl methyl sites for hydroxylation is 1. The van der Waals surface area contributed by atoms with Gasteiger partial charge < -0.3 is 9.68 Å². The van der Waals surface area contributed by atoms with E-state index in [1.54, 1.807) is 19.4 Å². The van der Waals surface area contributed by atoms with Crippen molar-refractivity contribution in [1.82, 2.24) is 25.2 Å². The highest BCUT2D eigenvalue weighted by atomic mass is 32.1. The minimum absolute atomic E-state index is 0.100. The molecule has 2 aromatic heterocycles. The van der Waals surface area contributed by atoms with Crippen LogP contribution in [-0.2, 0) is 28.1 Å². The van der Waals surface area contributed by atoms with Crippen molar-refractivity contribution in [1.29, 1.82) is 0 Å². The van der Waals surface area contributed by atoms with E-state index in [1.165, 1.54) is 16.0 Å². The monoisotopic (exact) mass is 502 g/mol. The van der Waals surface area contributed by atoms with Crippen LogP contribution in [-0.4, -0.2) is 48.1 Å². The quantitative estimate of drug-likeness (QED) is 0.289. The summed E-state index contributed by atoms with van der Waals surface area (Å²) < 4.78 is 1.52. The van der Waals surface area contributed by atoms with Crippen molar-refractivity contribution in [2.75, 3.05) is 5.32 Å². The van der Waals surface area contributed by atoms with Crippen molar-refractivity contribution in [3.8, 4) is 0 Å². The van der Waals surface area contributed by atoms with E-state index in [9.17, 15) is 4.79 Å². The van der Waals surface area contributed by atoms with E-state index < -0.39 is 5.60 Å². The number of anilines is 1. The van der Waals surface area contributed by atoms with Crippen LogP contribution in [0.3, 0.4) is 0 Å². The molecule has 36 heavy (non-hydrogen) atoms. The Morgan fingerprint density at radius 1 is 1.19 bits per heavy atom. The van der Waals surface area contributed by atoms with Gasteiger partial charge in [0.25, 0.3) is 5.91 Å². The highest BCUT2D eigenvalue weighted by molar-refractivity contribution is 7.13. The van der Waals surface area contributed by atoms with Crippen LogP contribution in [0.4, 0.5) is 5.13 Å². The number of thiazole rings is 1. The SMILES string of the molecule is Cn1nnnc1/C(=N/OCc1csc(NC(=O)C2(C)CC(c3ccccc3)=NO2)n1)c1ccccc1. The Hall–Kier alpha value is -4.45. The van der Waals surface area contributed by atoms with Gasteiger partial charge in [-0.15, -0.1) is 16.4 Å². The molecule has 1 amide bonds. The summed E-state index contributed by atoms with van der Waals surface area (Å²) in [6.45, 7) is 1.81. The summed E-state index contributed by atoms with van der Waals surface area (Å²) in [6.07, 6.45) is 0.359. The van der Waals surface area contributed by atoms with Crippen LogP contribution in [0, 0.1) is 0 Å². The lowest BCUT2D eigenvalue weighted by Gasteiger charge is -2.19. The second-order valence-electron chi connectivity index (χ2n) is 8.21. The topological polar surface area (TPSA) is 129 Å². The zero-order chi connectivity index (χ0) is 25.0. The van der Waals surface area contributed by atoms with E-state index in [2.05, 4.69) is 36.1 Å². The lowest BCUT2D eigenvalue weighted by Crippen LogP contribution is -2.40. The molecule has 5 rings (SSSR count). The number of benzene rings is 2. The summed E-state index contributed by atoms with van der Waals surface area (Å²) in [5.74, 6) is 0.146. The van der Waals surface area contributed by atoms with Crippen LogP contribution in [0.25, 0.3) is 0 Å². The van der Waals surface area contributed by atoms with E-state index >= 15 is 0 Å². The second kappa shape index (κ2) is 10.0. The molecule has 2 aromatic carbocycles. The zero-order valence-electron chi connectivity index (χ0n) is 19.5. The summed E-state index contributed by atoms with van der Waals surface area (Å²) >= 11 is 1.29. The Balaban J connectivity index is 1.22. The third-order valence-electron chi connectivity index (χ3n) is 5.47. The van der Waals surface area contributed by atoms with E-state index in [4.69, 9.17) is 9.68 Å². The van der Waals surface area contributed by atoms with Gasteiger partial charge in [0.05, 0.1) is 11.4 Å². The number of nitrogens with one attached hydrogen (secondary N) is 1. The molecule has 0 saturated heterocycles. The van der Waals surface area contributed by atoms with Gasteiger partial charge >= 0.3 is 0 Å². The third-order valence-corrected chi connectivity index (χ3v) is 6.28. The van der Waals surface area contributed by atoms with Crippen molar-refractivity contribution >= 4 is 33.8 Å². The Labute approximate surface area is 210 Å². The fourth-order valence-corrected chi connectivity index (χ4v) is 4.21. The van der Waals surface area contributed by atoms with Crippen molar-refractivity contribution in [2.24, 2.45) is 17.4 Å². The summed E-state index contributed by atoms with van der Waals surface area (Å²) in [5, 5.41) is 25.0. The number of tetrazole rings is 1. The highest BCUT2D eigenvalue weighted by Gasteiger charge is 2.42. The van der Waals surface area contributed by atoms with Gasteiger partial charge in [0.1, 0.15) is 0 Å². The van der Waals surface area contributed by atoms with Crippen molar-refractivity contribution in [2.45, 2.75) is 25.6 Å². The fraction of sp³-hybridized carbons (Fsp3) is 0.208. The molecule has 0 aliphatic carbocycles. The number of carbonyl (C=O) groups is 1. The predicted molar refractivity (Wildman–Crippen MR) is 133 cm³/mol. The number of carbonyl (C=O) groups excluding carboxylic acids is 1. The molecule has 1 N–H and O–H groups in total. The van der Waals surface area contributed by atoms with E-state index in [0.717, 1.165) is 16.8 Å². The largest absolute Gasteiger partial charge is 0.389 e. The lowest BCUT2D eigenvalue weighted by molar-refractivity contribution is -0.135. The van der Waals surface area contributed by atoms with Gasteiger partial charge in [-0.05, 0) is 22.9 Å². The molecule has 1 aliphatic rings. The summed E-state index contributed by atoms with van der Waals surface area (Å²) in [4.78, 5) is 28.5. The van der Waals surface area contributed by atoms with Crippen molar-refractivity contribution < 1.29 is 14.5 Å². The maximum Gasteiger partial charge on any atom is 0.273 e. The number of hydrogen-bond acceptors (Lipinski definition) is 10. The molecule has 1 unspecified atom stereocenters. The summed E-state index contributed by atoms with van der Waals surface area (Å²) in [5.41, 5.74) is 2.45. The first kappa shape index (κ1) is 23.3. The van der Waals surface area contributed by atoms with Gasteiger partial charge in [-0.2, -0.15) is 0 Å². The van der Waals surface area contributed by atoms with Crippen molar-refractivity contribution in [3.63, 3.8) is 0 Å². The molecule has 0 spiro atoms. The molecule has 11 nitrogen and oxygen atoms in total. The molecule has 182 valence electrons. The molecule has 1 aliphatic heterocycles. The Morgan fingerprint density at radius 2 is 1.94 bits per heavy atom. The number of rotatable bonds is 8. The average molecular weight is 503 g/mol. The van der Waals surface area contributed by atoms with Crippen LogP contribution < -0.4 is 5.32 Å².